The number of hydrogen-bond acceptors (Lipinski definition) is 6. The van der Waals surface area contributed by atoms with Crippen LogP contribution < -0.4 is 4.74 Å². The molecule has 0 saturated heterocycles. The molecule has 8 nitrogen and oxygen atoms in total. The van der Waals surface area contributed by atoms with Crippen molar-refractivity contribution in [2.45, 2.75) is 70.6 Å². The third kappa shape index (κ3) is 7.62. The fourth-order valence-corrected chi connectivity index (χ4v) is 5.31. The molecule has 2 rings (SSSR count). The molecule has 0 aliphatic carbocycles. The van der Waals surface area contributed by atoms with Crippen molar-refractivity contribution in [2.24, 2.45) is 0 Å². The quantitative estimate of drug-likeness (QED) is 0.0761. The molecule has 296 valence electrons. The zero-order chi connectivity index (χ0) is 40.9. The van der Waals surface area contributed by atoms with Crippen molar-refractivity contribution in [3.05, 3.63) is 59.7 Å². The summed E-state index contributed by atoms with van der Waals surface area (Å²) in [6.45, 7) is -0.498. The summed E-state index contributed by atoms with van der Waals surface area (Å²) in [6, 6.07) is 2.57. The standard InChI is InChI=1S/C25H17F17O8S2/c26-18(27,19(28,29)20(30,31)21(32,33)22(34,35)23(36,37)24(38,39)25(40,41)42)13-5-3-12(4-6-13)17(43)16(52(47,48)49)2-1-11-50-14-7-9-15(10-8-14)51(44,45)46/h3-10,16H,1-2,11H2,(H,44,45,46)(H,47,48,49). The number of Topliss-reactive ketones (excluding diaryl/α,β-unsaturated/α-hetero) is 1. The lowest BCUT2D eigenvalue weighted by atomic mass is 9.87. The summed E-state index contributed by atoms with van der Waals surface area (Å²) in [7, 11) is -10.0. The van der Waals surface area contributed by atoms with Crippen LogP contribution in [0.2, 0.25) is 0 Å². The molecule has 1 atom stereocenters. The van der Waals surface area contributed by atoms with Crippen molar-refractivity contribution in [3.63, 3.8) is 0 Å². The van der Waals surface area contributed by atoms with E-state index in [1.54, 1.807) is 0 Å². The van der Waals surface area contributed by atoms with E-state index in [-0.39, 0.29) is 17.9 Å². The van der Waals surface area contributed by atoms with Crippen LogP contribution in [0.5, 0.6) is 5.75 Å². The van der Waals surface area contributed by atoms with Gasteiger partial charge >= 0.3 is 47.6 Å². The molecule has 27 heteroatoms. The lowest BCUT2D eigenvalue weighted by molar-refractivity contribution is -0.462. The van der Waals surface area contributed by atoms with Crippen LogP contribution in [0.15, 0.2) is 53.4 Å². The number of ether oxygens (including phenoxy) is 1. The second-order valence-electron chi connectivity index (χ2n) is 10.4. The molecule has 0 saturated carbocycles. The SMILES string of the molecule is O=C(c1ccc(C(F)(F)C(F)(F)C(F)(F)C(F)(F)C(F)(F)C(F)(F)C(F)(F)C(F)(F)F)cc1)C(CCCOc1ccc(S(=O)(=O)O)cc1)S(=O)(=O)O. The Morgan fingerprint density at radius 1 is 0.596 bits per heavy atom. The molecule has 0 heterocycles. The van der Waals surface area contributed by atoms with Gasteiger partial charge in [-0.2, -0.15) is 91.5 Å². The molecular formula is C25H17F17O8S2. The summed E-state index contributed by atoms with van der Waals surface area (Å²) in [5.74, 6) is -60.0. The number of carbonyl (C=O) groups excluding carboxylic acids is 1. The maximum absolute atomic E-state index is 14.6. The summed E-state index contributed by atoms with van der Waals surface area (Å²) < 4.78 is 300. The highest BCUT2D eigenvalue weighted by atomic mass is 32.2. The van der Waals surface area contributed by atoms with E-state index in [4.69, 9.17) is 9.29 Å². The van der Waals surface area contributed by atoms with Crippen LogP contribution in [0.25, 0.3) is 0 Å². The van der Waals surface area contributed by atoms with Gasteiger partial charge in [0.15, 0.2) is 5.78 Å². The molecule has 0 radical (unpaired) electrons. The average molecular weight is 833 g/mol. The second kappa shape index (κ2) is 13.7. The summed E-state index contributed by atoms with van der Waals surface area (Å²) in [6.07, 6.45) is -9.26. The van der Waals surface area contributed by atoms with E-state index in [2.05, 4.69) is 0 Å². The van der Waals surface area contributed by atoms with Crippen molar-refractivity contribution in [2.75, 3.05) is 6.61 Å². The van der Waals surface area contributed by atoms with Crippen molar-refractivity contribution >= 4 is 26.0 Å². The van der Waals surface area contributed by atoms with Crippen LogP contribution in [0, 0.1) is 0 Å². The predicted molar refractivity (Wildman–Crippen MR) is 137 cm³/mol. The van der Waals surface area contributed by atoms with E-state index in [0.717, 1.165) is 24.3 Å². The molecule has 1 unspecified atom stereocenters. The Morgan fingerprint density at radius 3 is 1.38 bits per heavy atom. The summed E-state index contributed by atoms with van der Waals surface area (Å²) in [5, 5.41) is -2.52. The number of rotatable bonds is 16. The van der Waals surface area contributed by atoms with Crippen LogP contribution in [-0.4, -0.2) is 85.3 Å². The van der Waals surface area contributed by atoms with Gasteiger partial charge in [0.2, 0.25) is 0 Å². The number of hydrogen-bond donors (Lipinski definition) is 2. The zero-order valence-electron chi connectivity index (χ0n) is 24.4. The Hall–Kier alpha value is -3.46. The fourth-order valence-electron chi connectivity index (χ4n) is 3.96. The molecular weight excluding hydrogens is 815 g/mol. The molecule has 2 aromatic rings. The number of halogens is 17. The molecule has 2 aromatic carbocycles. The van der Waals surface area contributed by atoms with Gasteiger partial charge in [-0.25, -0.2) is 0 Å². The van der Waals surface area contributed by atoms with Crippen LogP contribution in [0.1, 0.15) is 28.8 Å². The smallest absolute Gasteiger partial charge is 0.460 e. The second-order valence-corrected chi connectivity index (χ2v) is 13.4. The van der Waals surface area contributed by atoms with Gasteiger partial charge in [0, 0.05) is 11.1 Å². The minimum Gasteiger partial charge on any atom is -0.494 e. The zero-order valence-corrected chi connectivity index (χ0v) is 26.0. The van der Waals surface area contributed by atoms with E-state index >= 15 is 0 Å². The maximum Gasteiger partial charge on any atom is 0.460 e. The summed E-state index contributed by atoms with van der Waals surface area (Å²) in [4.78, 5) is 12.1. The van der Waals surface area contributed by atoms with Crippen LogP contribution in [0.4, 0.5) is 74.6 Å². The number of ketones is 1. The molecule has 0 aliphatic heterocycles. The van der Waals surface area contributed by atoms with Crippen LogP contribution in [-0.2, 0) is 26.2 Å². The monoisotopic (exact) mass is 832 g/mol. The van der Waals surface area contributed by atoms with Gasteiger partial charge in [0.25, 0.3) is 20.2 Å². The molecule has 0 aromatic heterocycles. The topological polar surface area (TPSA) is 135 Å². The first-order valence-electron chi connectivity index (χ1n) is 13.0. The first kappa shape index (κ1) is 44.7. The first-order valence-corrected chi connectivity index (χ1v) is 15.9. The normalized spacial score (nSPS) is 15.4. The number of alkyl halides is 17. The maximum atomic E-state index is 14.6. The first-order chi connectivity index (χ1) is 22.9. The predicted octanol–water partition coefficient (Wildman–Crippen LogP) is 7.70. The summed E-state index contributed by atoms with van der Waals surface area (Å²) in [5.41, 5.74) is -3.78. The molecule has 2 N–H and O–H groups in total. The highest BCUT2D eigenvalue weighted by Gasteiger charge is 2.95. The minimum atomic E-state index is -8.82. The largest absolute Gasteiger partial charge is 0.494 e. The van der Waals surface area contributed by atoms with Crippen LogP contribution in [0.3, 0.4) is 0 Å². The van der Waals surface area contributed by atoms with E-state index in [1.165, 1.54) is 0 Å². The van der Waals surface area contributed by atoms with Gasteiger partial charge in [-0.1, -0.05) is 24.3 Å². The third-order valence-electron chi connectivity index (χ3n) is 6.91. The van der Waals surface area contributed by atoms with Gasteiger partial charge in [-0.15, -0.1) is 0 Å². The lowest BCUT2D eigenvalue weighted by Gasteiger charge is -2.42. The van der Waals surface area contributed by atoms with E-state index in [9.17, 15) is 101 Å². The highest BCUT2D eigenvalue weighted by Crippen LogP contribution is 2.65. The Bertz CT molecular complexity index is 1830. The third-order valence-corrected chi connectivity index (χ3v) is 8.94. The average Bonchev–Trinajstić information content (AvgIpc) is 2.98. The van der Waals surface area contributed by atoms with Gasteiger partial charge in [0.05, 0.1) is 11.5 Å². The summed E-state index contributed by atoms with van der Waals surface area (Å²) >= 11 is 0. The minimum absolute atomic E-state index is 0.0873. The Labute approximate surface area is 279 Å². The van der Waals surface area contributed by atoms with Gasteiger partial charge < -0.3 is 4.74 Å². The van der Waals surface area contributed by atoms with Crippen molar-refractivity contribution in [3.8, 4) is 5.75 Å². The van der Waals surface area contributed by atoms with Gasteiger partial charge in [-0.05, 0) is 37.1 Å². The van der Waals surface area contributed by atoms with Crippen molar-refractivity contribution in [1.29, 1.82) is 0 Å². The van der Waals surface area contributed by atoms with Crippen molar-refractivity contribution < 1.29 is 110 Å². The van der Waals surface area contributed by atoms with Gasteiger partial charge in [0.1, 0.15) is 11.0 Å². The molecule has 0 aliphatic rings. The number of benzene rings is 2. The fraction of sp³-hybridized carbons (Fsp3) is 0.480. The van der Waals surface area contributed by atoms with Gasteiger partial charge in [-0.3, -0.25) is 13.9 Å². The van der Waals surface area contributed by atoms with Crippen LogP contribution >= 0.6 is 0 Å². The Balaban J connectivity index is 2.37. The van der Waals surface area contributed by atoms with Crippen molar-refractivity contribution in [1.82, 2.24) is 0 Å². The molecule has 0 amide bonds. The number of carbonyl (C=O) groups is 1. The lowest BCUT2D eigenvalue weighted by Crippen LogP contribution is -2.74. The van der Waals surface area contributed by atoms with E-state index in [1.807, 2.05) is 0 Å². The molecule has 0 bridgehead atoms. The Morgan fingerprint density at radius 2 is 1.00 bits per heavy atom. The molecule has 0 spiro atoms. The van der Waals surface area contributed by atoms with E-state index in [0.29, 0.717) is 0 Å². The molecule has 52 heavy (non-hydrogen) atoms. The highest BCUT2D eigenvalue weighted by molar-refractivity contribution is 7.87. The van der Waals surface area contributed by atoms with E-state index < -0.39 is 127 Å². The Kier molecular flexibility index (Phi) is 11.8. The molecule has 0 fully saturated rings.